The molecule has 0 spiro atoms. The second kappa shape index (κ2) is 7.43. The monoisotopic (exact) mass is 352 g/mol. The van der Waals surface area contributed by atoms with E-state index >= 15 is 0 Å². The molecule has 1 aromatic carbocycles. The number of halogens is 1. The van der Waals surface area contributed by atoms with Crippen molar-refractivity contribution in [2.75, 3.05) is 18.4 Å². The SMILES string of the molecule is Cc1ccc(Cl)cc1NC(=O)C1CCCN(C(=O)OC(C)(C)C)C1. The Balaban J connectivity index is 2.00. The molecule has 5 nitrogen and oxygen atoms in total. The van der Waals surface area contributed by atoms with E-state index in [4.69, 9.17) is 16.3 Å². The Kier molecular flexibility index (Phi) is 5.75. The molecule has 1 atom stereocenters. The number of benzene rings is 1. The third kappa shape index (κ3) is 5.13. The van der Waals surface area contributed by atoms with Gasteiger partial charge in [0.05, 0.1) is 5.92 Å². The van der Waals surface area contributed by atoms with Crippen molar-refractivity contribution >= 4 is 29.3 Å². The van der Waals surface area contributed by atoms with E-state index in [1.54, 1.807) is 17.0 Å². The van der Waals surface area contributed by atoms with Crippen LogP contribution in [0.25, 0.3) is 0 Å². The molecule has 6 heteroatoms. The molecule has 1 aliphatic rings. The van der Waals surface area contributed by atoms with Crippen LogP contribution in [0.3, 0.4) is 0 Å². The third-order valence-electron chi connectivity index (χ3n) is 3.90. The Morgan fingerprint density at radius 2 is 2.04 bits per heavy atom. The second-order valence-corrected chi connectivity index (χ2v) is 7.65. The number of carbonyl (C=O) groups is 2. The zero-order chi connectivity index (χ0) is 17.9. The fourth-order valence-corrected chi connectivity index (χ4v) is 2.82. The van der Waals surface area contributed by atoms with Gasteiger partial charge < -0.3 is 15.0 Å². The van der Waals surface area contributed by atoms with E-state index in [1.165, 1.54) is 0 Å². The first kappa shape index (κ1) is 18.6. The van der Waals surface area contributed by atoms with Crippen molar-refractivity contribution < 1.29 is 14.3 Å². The summed E-state index contributed by atoms with van der Waals surface area (Å²) < 4.78 is 5.40. The summed E-state index contributed by atoms with van der Waals surface area (Å²) in [5.74, 6) is -0.335. The lowest BCUT2D eigenvalue weighted by Crippen LogP contribution is -2.45. The average Bonchev–Trinajstić information content (AvgIpc) is 2.49. The summed E-state index contributed by atoms with van der Waals surface area (Å²) in [6, 6.07) is 5.40. The molecule has 0 aliphatic carbocycles. The summed E-state index contributed by atoms with van der Waals surface area (Å²) in [5.41, 5.74) is 1.12. The normalized spacial score (nSPS) is 18.2. The second-order valence-electron chi connectivity index (χ2n) is 7.21. The predicted molar refractivity (Wildman–Crippen MR) is 95.3 cm³/mol. The van der Waals surface area contributed by atoms with Crippen LogP contribution in [0.15, 0.2) is 18.2 Å². The maximum atomic E-state index is 12.6. The zero-order valence-corrected chi connectivity index (χ0v) is 15.4. The molecule has 1 aliphatic heterocycles. The fourth-order valence-electron chi connectivity index (χ4n) is 2.65. The molecule has 24 heavy (non-hydrogen) atoms. The molecule has 0 saturated carbocycles. The first-order valence-corrected chi connectivity index (χ1v) is 8.58. The minimum absolute atomic E-state index is 0.0892. The number of ether oxygens (including phenoxy) is 1. The first-order valence-electron chi connectivity index (χ1n) is 8.20. The molecule has 0 bridgehead atoms. The van der Waals surface area contributed by atoms with Crippen molar-refractivity contribution in [2.24, 2.45) is 5.92 Å². The standard InChI is InChI=1S/C18H25ClN2O3/c1-12-7-8-14(19)10-15(12)20-16(22)13-6-5-9-21(11-13)17(23)24-18(2,3)4/h7-8,10,13H,5-6,9,11H2,1-4H3,(H,20,22). The summed E-state index contributed by atoms with van der Waals surface area (Å²) in [4.78, 5) is 26.4. The number of hydrogen-bond acceptors (Lipinski definition) is 3. The highest BCUT2D eigenvalue weighted by Gasteiger charge is 2.31. The number of hydrogen-bond donors (Lipinski definition) is 1. The molecule has 1 fully saturated rings. The summed E-state index contributed by atoms with van der Waals surface area (Å²) in [7, 11) is 0. The number of likely N-dealkylation sites (tertiary alicyclic amines) is 1. The molecule has 1 N–H and O–H groups in total. The first-order chi connectivity index (χ1) is 11.2. The number of piperidine rings is 1. The van der Waals surface area contributed by atoms with Gasteiger partial charge in [-0.3, -0.25) is 4.79 Å². The van der Waals surface area contributed by atoms with Gasteiger partial charge in [0.2, 0.25) is 5.91 Å². The average molecular weight is 353 g/mol. The van der Waals surface area contributed by atoms with Gasteiger partial charge >= 0.3 is 6.09 Å². The number of nitrogens with one attached hydrogen (secondary N) is 1. The Morgan fingerprint density at radius 1 is 1.33 bits per heavy atom. The Bertz CT molecular complexity index is 625. The number of aryl methyl sites for hydroxylation is 1. The Morgan fingerprint density at radius 3 is 2.71 bits per heavy atom. The fraction of sp³-hybridized carbons (Fsp3) is 0.556. The lowest BCUT2D eigenvalue weighted by molar-refractivity contribution is -0.121. The molecule has 0 radical (unpaired) electrons. The van der Waals surface area contributed by atoms with Gasteiger partial charge in [0.15, 0.2) is 0 Å². The van der Waals surface area contributed by atoms with Crippen LogP contribution in [0, 0.1) is 12.8 Å². The highest BCUT2D eigenvalue weighted by molar-refractivity contribution is 6.31. The van der Waals surface area contributed by atoms with E-state index in [0.29, 0.717) is 23.8 Å². The van der Waals surface area contributed by atoms with Gasteiger partial charge in [-0.05, 0) is 58.2 Å². The zero-order valence-electron chi connectivity index (χ0n) is 14.7. The topological polar surface area (TPSA) is 58.6 Å². The third-order valence-corrected chi connectivity index (χ3v) is 4.14. The van der Waals surface area contributed by atoms with E-state index in [0.717, 1.165) is 18.4 Å². The molecular formula is C18H25ClN2O3. The molecule has 0 aromatic heterocycles. The summed E-state index contributed by atoms with van der Waals surface area (Å²) in [6.07, 6.45) is 1.18. The molecule has 132 valence electrons. The highest BCUT2D eigenvalue weighted by atomic mass is 35.5. The van der Waals surface area contributed by atoms with E-state index in [2.05, 4.69) is 5.32 Å². The van der Waals surface area contributed by atoms with E-state index in [-0.39, 0.29) is 17.9 Å². The number of anilines is 1. The number of amides is 2. The van der Waals surface area contributed by atoms with Crippen LogP contribution < -0.4 is 5.32 Å². The highest BCUT2D eigenvalue weighted by Crippen LogP contribution is 2.24. The van der Waals surface area contributed by atoms with Crippen LogP contribution in [0.1, 0.15) is 39.2 Å². The maximum Gasteiger partial charge on any atom is 0.410 e. The van der Waals surface area contributed by atoms with Crippen LogP contribution in [-0.2, 0) is 9.53 Å². The van der Waals surface area contributed by atoms with Crippen molar-refractivity contribution in [3.63, 3.8) is 0 Å². The minimum Gasteiger partial charge on any atom is -0.444 e. The largest absolute Gasteiger partial charge is 0.444 e. The van der Waals surface area contributed by atoms with Crippen LogP contribution in [-0.4, -0.2) is 35.6 Å². The van der Waals surface area contributed by atoms with Gasteiger partial charge in [-0.15, -0.1) is 0 Å². The smallest absolute Gasteiger partial charge is 0.410 e. The van der Waals surface area contributed by atoms with E-state index < -0.39 is 5.60 Å². The van der Waals surface area contributed by atoms with Crippen LogP contribution in [0.2, 0.25) is 5.02 Å². The number of carbonyl (C=O) groups excluding carboxylic acids is 2. The molecule has 1 heterocycles. The summed E-state index contributed by atoms with van der Waals surface area (Å²) in [6.45, 7) is 8.41. The Hall–Kier alpha value is -1.75. The molecule has 1 aromatic rings. The number of nitrogens with zero attached hydrogens (tertiary/aromatic N) is 1. The van der Waals surface area contributed by atoms with Crippen molar-refractivity contribution in [1.29, 1.82) is 0 Å². The maximum absolute atomic E-state index is 12.6. The van der Waals surface area contributed by atoms with E-state index in [9.17, 15) is 9.59 Å². The van der Waals surface area contributed by atoms with Crippen LogP contribution in [0.5, 0.6) is 0 Å². The minimum atomic E-state index is -0.538. The van der Waals surface area contributed by atoms with Gasteiger partial charge in [-0.1, -0.05) is 17.7 Å². The van der Waals surface area contributed by atoms with Crippen molar-refractivity contribution in [1.82, 2.24) is 4.90 Å². The van der Waals surface area contributed by atoms with Gasteiger partial charge in [0.1, 0.15) is 5.60 Å². The van der Waals surface area contributed by atoms with Crippen molar-refractivity contribution in [3.05, 3.63) is 28.8 Å². The predicted octanol–water partition coefficient (Wildman–Crippen LogP) is 4.23. The van der Waals surface area contributed by atoms with Crippen LogP contribution >= 0.6 is 11.6 Å². The molecular weight excluding hydrogens is 328 g/mol. The van der Waals surface area contributed by atoms with Gasteiger partial charge in [0, 0.05) is 23.8 Å². The number of rotatable bonds is 2. The quantitative estimate of drug-likeness (QED) is 0.866. The van der Waals surface area contributed by atoms with Gasteiger partial charge in [0.25, 0.3) is 0 Å². The van der Waals surface area contributed by atoms with Gasteiger partial charge in [-0.25, -0.2) is 4.79 Å². The van der Waals surface area contributed by atoms with Crippen LogP contribution in [0.4, 0.5) is 10.5 Å². The van der Waals surface area contributed by atoms with Gasteiger partial charge in [-0.2, -0.15) is 0 Å². The van der Waals surface area contributed by atoms with E-state index in [1.807, 2.05) is 33.8 Å². The van der Waals surface area contributed by atoms with Crippen molar-refractivity contribution in [2.45, 2.75) is 46.1 Å². The lowest BCUT2D eigenvalue weighted by atomic mass is 9.97. The Labute approximate surface area is 148 Å². The summed E-state index contributed by atoms with van der Waals surface area (Å²) >= 11 is 5.99. The molecule has 2 amide bonds. The molecule has 1 saturated heterocycles. The molecule has 1 unspecified atom stereocenters. The summed E-state index contributed by atoms with van der Waals surface area (Å²) in [5, 5.41) is 3.50. The lowest BCUT2D eigenvalue weighted by Gasteiger charge is -2.33. The van der Waals surface area contributed by atoms with Crippen molar-refractivity contribution in [3.8, 4) is 0 Å². The molecule has 2 rings (SSSR count).